The van der Waals surface area contributed by atoms with Gasteiger partial charge in [0.1, 0.15) is 11.6 Å². The molecule has 6 rings (SSSR count). The number of H-pyrrole nitrogens is 1. The Bertz CT molecular complexity index is 1610. The summed E-state index contributed by atoms with van der Waals surface area (Å²) < 4.78 is 18.7. The van der Waals surface area contributed by atoms with E-state index in [0.29, 0.717) is 17.3 Å². The molecule has 0 aliphatic carbocycles. The number of ether oxygens (including phenoxy) is 1. The number of carbonyl (C=O) groups excluding carboxylic acids is 1. The standard InChI is InChI=1S/C31H29FN6O2/c32-24-6-9-26(10-7-24)40-29-12-8-25(19-34-29)35-31(39)30-27-16-22(5-11-28(27)36-37-30)23-15-21(17-33-18-23)20-38-13-3-1-2-4-14-38/h5-12,15-19H,1-4,13-14,20H2,(H,35,39)(H,36,37). The van der Waals surface area contributed by atoms with Crippen LogP contribution in [0.3, 0.4) is 0 Å². The molecule has 9 heteroatoms. The van der Waals surface area contributed by atoms with E-state index in [1.807, 2.05) is 30.6 Å². The zero-order chi connectivity index (χ0) is 27.3. The summed E-state index contributed by atoms with van der Waals surface area (Å²) in [6.45, 7) is 3.15. The topological polar surface area (TPSA) is 96.0 Å². The number of aromatic nitrogens is 4. The molecule has 2 aromatic carbocycles. The fraction of sp³-hybridized carbons (Fsp3) is 0.226. The van der Waals surface area contributed by atoms with Crippen LogP contribution >= 0.6 is 0 Å². The fourth-order valence-corrected chi connectivity index (χ4v) is 4.98. The van der Waals surface area contributed by atoms with Crippen LogP contribution in [-0.4, -0.2) is 44.1 Å². The molecule has 0 atom stereocenters. The summed E-state index contributed by atoms with van der Waals surface area (Å²) in [4.78, 5) is 24.4. The summed E-state index contributed by atoms with van der Waals surface area (Å²) in [6, 6.07) is 17.1. The first-order valence-corrected chi connectivity index (χ1v) is 13.5. The zero-order valence-electron chi connectivity index (χ0n) is 21.9. The van der Waals surface area contributed by atoms with Crippen molar-refractivity contribution in [1.29, 1.82) is 0 Å². The van der Waals surface area contributed by atoms with Crippen molar-refractivity contribution in [2.24, 2.45) is 0 Å². The summed E-state index contributed by atoms with van der Waals surface area (Å²) in [6.07, 6.45) is 10.4. The molecule has 5 aromatic rings. The van der Waals surface area contributed by atoms with Gasteiger partial charge in [-0.2, -0.15) is 5.10 Å². The molecular weight excluding hydrogens is 507 g/mol. The number of pyridine rings is 2. The largest absolute Gasteiger partial charge is 0.439 e. The van der Waals surface area contributed by atoms with Crippen molar-refractivity contribution < 1.29 is 13.9 Å². The smallest absolute Gasteiger partial charge is 0.276 e. The average molecular weight is 537 g/mol. The Balaban J connectivity index is 1.16. The predicted molar refractivity (Wildman–Crippen MR) is 152 cm³/mol. The van der Waals surface area contributed by atoms with Gasteiger partial charge < -0.3 is 10.1 Å². The quantitative estimate of drug-likeness (QED) is 0.244. The zero-order valence-corrected chi connectivity index (χ0v) is 21.9. The van der Waals surface area contributed by atoms with Crippen LogP contribution in [-0.2, 0) is 6.54 Å². The van der Waals surface area contributed by atoms with Crippen molar-refractivity contribution in [3.8, 4) is 22.8 Å². The van der Waals surface area contributed by atoms with Crippen molar-refractivity contribution in [2.45, 2.75) is 32.2 Å². The van der Waals surface area contributed by atoms with Crippen LogP contribution in [0.15, 0.2) is 79.3 Å². The molecule has 1 fully saturated rings. The van der Waals surface area contributed by atoms with Crippen LogP contribution in [0.1, 0.15) is 41.7 Å². The maximum Gasteiger partial charge on any atom is 0.276 e. The maximum atomic E-state index is 13.1. The van der Waals surface area contributed by atoms with E-state index < -0.39 is 0 Å². The molecule has 40 heavy (non-hydrogen) atoms. The number of hydrogen-bond acceptors (Lipinski definition) is 6. The third kappa shape index (κ3) is 6.00. The highest BCUT2D eigenvalue weighted by Gasteiger charge is 2.16. The Hall–Kier alpha value is -4.63. The minimum atomic E-state index is -0.356. The van der Waals surface area contributed by atoms with Crippen LogP contribution in [0, 0.1) is 5.82 Å². The van der Waals surface area contributed by atoms with E-state index in [0.717, 1.165) is 41.7 Å². The summed E-state index contributed by atoms with van der Waals surface area (Å²) in [5.41, 5.74) is 4.71. The summed E-state index contributed by atoms with van der Waals surface area (Å²) in [5.74, 6) is 0.0912. The molecule has 0 saturated carbocycles. The van der Waals surface area contributed by atoms with Crippen molar-refractivity contribution in [3.05, 3.63) is 96.3 Å². The minimum Gasteiger partial charge on any atom is -0.439 e. The Morgan fingerprint density at radius 3 is 2.52 bits per heavy atom. The lowest BCUT2D eigenvalue weighted by Crippen LogP contribution is -2.24. The number of nitrogens with zero attached hydrogens (tertiary/aromatic N) is 4. The molecule has 2 N–H and O–H groups in total. The highest BCUT2D eigenvalue weighted by molar-refractivity contribution is 6.11. The molecule has 8 nitrogen and oxygen atoms in total. The van der Waals surface area contributed by atoms with Gasteiger partial charge in [0, 0.05) is 36.0 Å². The minimum absolute atomic E-state index is 0.289. The number of halogens is 1. The number of carbonyl (C=O) groups is 1. The number of benzene rings is 2. The van der Waals surface area contributed by atoms with E-state index in [9.17, 15) is 9.18 Å². The number of likely N-dealkylation sites (tertiary alicyclic amines) is 1. The van der Waals surface area contributed by atoms with Crippen molar-refractivity contribution in [2.75, 3.05) is 18.4 Å². The first-order valence-electron chi connectivity index (χ1n) is 13.5. The van der Waals surface area contributed by atoms with Crippen LogP contribution in [0.2, 0.25) is 0 Å². The Labute approximate surface area is 231 Å². The molecule has 0 radical (unpaired) electrons. The molecule has 1 amide bonds. The van der Waals surface area contributed by atoms with E-state index in [4.69, 9.17) is 4.74 Å². The summed E-state index contributed by atoms with van der Waals surface area (Å²) >= 11 is 0. The van der Waals surface area contributed by atoms with E-state index in [2.05, 4.69) is 36.4 Å². The van der Waals surface area contributed by atoms with Crippen LogP contribution in [0.5, 0.6) is 11.6 Å². The molecule has 202 valence electrons. The second-order valence-corrected chi connectivity index (χ2v) is 10.0. The molecule has 1 saturated heterocycles. The third-order valence-electron chi connectivity index (χ3n) is 7.04. The summed E-state index contributed by atoms with van der Waals surface area (Å²) in [5, 5.41) is 10.8. The van der Waals surface area contributed by atoms with Gasteiger partial charge in [0.15, 0.2) is 5.69 Å². The normalized spacial score (nSPS) is 14.1. The lowest BCUT2D eigenvalue weighted by Gasteiger charge is -2.19. The van der Waals surface area contributed by atoms with E-state index in [1.165, 1.54) is 61.7 Å². The molecule has 3 aromatic heterocycles. The Kier molecular flexibility index (Phi) is 7.45. The van der Waals surface area contributed by atoms with E-state index in [1.54, 1.807) is 12.1 Å². The van der Waals surface area contributed by atoms with Gasteiger partial charge in [0.2, 0.25) is 5.88 Å². The molecule has 1 aliphatic rings. The number of anilines is 1. The van der Waals surface area contributed by atoms with Gasteiger partial charge in [-0.3, -0.25) is 19.8 Å². The second kappa shape index (κ2) is 11.6. The summed E-state index contributed by atoms with van der Waals surface area (Å²) in [7, 11) is 0. The second-order valence-electron chi connectivity index (χ2n) is 10.0. The van der Waals surface area contributed by atoms with E-state index in [-0.39, 0.29) is 17.4 Å². The first kappa shape index (κ1) is 25.6. The molecule has 0 unspecified atom stereocenters. The van der Waals surface area contributed by atoms with Gasteiger partial charge in [-0.1, -0.05) is 18.9 Å². The number of fused-ring (bicyclic) bond motifs is 1. The van der Waals surface area contributed by atoms with Gasteiger partial charge >= 0.3 is 0 Å². The number of hydrogen-bond donors (Lipinski definition) is 2. The third-order valence-corrected chi connectivity index (χ3v) is 7.04. The Morgan fingerprint density at radius 2 is 1.75 bits per heavy atom. The highest BCUT2D eigenvalue weighted by atomic mass is 19.1. The molecule has 0 bridgehead atoms. The van der Waals surface area contributed by atoms with Gasteiger partial charge in [-0.25, -0.2) is 9.37 Å². The maximum absolute atomic E-state index is 13.1. The van der Waals surface area contributed by atoms with Crippen molar-refractivity contribution in [1.82, 2.24) is 25.1 Å². The monoisotopic (exact) mass is 536 g/mol. The van der Waals surface area contributed by atoms with Crippen LogP contribution in [0.25, 0.3) is 22.0 Å². The van der Waals surface area contributed by atoms with Crippen LogP contribution < -0.4 is 10.1 Å². The van der Waals surface area contributed by atoms with Crippen LogP contribution in [0.4, 0.5) is 10.1 Å². The molecular formula is C31H29FN6O2. The first-order chi connectivity index (χ1) is 19.6. The number of rotatable bonds is 7. The lowest BCUT2D eigenvalue weighted by molar-refractivity contribution is 0.102. The van der Waals surface area contributed by atoms with Gasteiger partial charge in [0.05, 0.1) is 17.4 Å². The fourth-order valence-electron chi connectivity index (χ4n) is 4.98. The van der Waals surface area contributed by atoms with Gasteiger partial charge in [0.25, 0.3) is 5.91 Å². The SMILES string of the molecule is O=C(Nc1ccc(Oc2ccc(F)cc2)nc1)c1n[nH]c2ccc(-c3cncc(CN4CCCCCC4)c3)cc12. The number of aromatic amines is 1. The predicted octanol–water partition coefficient (Wildman–Crippen LogP) is 6.58. The number of amides is 1. The van der Waals surface area contributed by atoms with Crippen molar-refractivity contribution >= 4 is 22.5 Å². The number of nitrogens with one attached hydrogen (secondary N) is 2. The highest BCUT2D eigenvalue weighted by Crippen LogP contribution is 2.27. The Morgan fingerprint density at radius 1 is 0.925 bits per heavy atom. The molecule has 1 aliphatic heterocycles. The van der Waals surface area contributed by atoms with Gasteiger partial charge in [-0.15, -0.1) is 0 Å². The molecule has 4 heterocycles. The lowest BCUT2D eigenvalue weighted by atomic mass is 10.0. The molecule has 0 spiro atoms. The van der Waals surface area contributed by atoms with Crippen molar-refractivity contribution in [3.63, 3.8) is 0 Å². The average Bonchev–Trinajstić information content (AvgIpc) is 3.24. The van der Waals surface area contributed by atoms with Gasteiger partial charge in [-0.05, 0) is 85.6 Å². The van der Waals surface area contributed by atoms with E-state index >= 15 is 0 Å².